The highest BCUT2D eigenvalue weighted by Crippen LogP contribution is 2.36. The van der Waals surface area contributed by atoms with E-state index in [0.29, 0.717) is 6.54 Å². The summed E-state index contributed by atoms with van der Waals surface area (Å²) in [5, 5.41) is 21.4. The van der Waals surface area contributed by atoms with E-state index in [1.807, 2.05) is 6.07 Å². The Balaban J connectivity index is 2.36. The van der Waals surface area contributed by atoms with Gasteiger partial charge in [0.05, 0.1) is 5.56 Å². The van der Waals surface area contributed by atoms with Crippen LogP contribution in [0.3, 0.4) is 0 Å². The third-order valence-electron chi connectivity index (χ3n) is 3.91. The molecule has 3 N–H and O–H groups in total. The van der Waals surface area contributed by atoms with E-state index in [1.54, 1.807) is 12.1 Å². The molecule has 5 heteroatoms. The Labute approximate surface area is 117 Å². The van der Waals surface area contributed by atoms with Crippen molar-refractivity contribution < 1.29 is 19.8 Å². The summed E-state index contributed by atoms with van der Waals surface area (Å²) in [4.78, 5) is 22.4. The van der Waals surface area contributed by atoms with Gasteiger partial charge >= 0.3 is 11.9 Å². The molecule has 0 spiro atoms. The van der Waals surface area contributed by atoms with Crippen LogP contribution in [0.25, 0.3) is 0 Å². The zero-order valence-corrected chi connectivity index (χ0v) is 11.4. The van der Waals surface area contributed by atoms with Crippen LogP contribution in [0.1, 0.15) is 41.6 Å². The van der Waals surface area contributed by atoms with Crippen molar-refractivity contribution in [2.24, 2.45) is 5.92 Å². The second-order valence-corrected chi connectivity index (χ2v) is 5.23. The standard InChI is InChI=1S/C15H19NO4/c1-2-4-11-8-16-13(15(19)20)12(11)9-5-3-6-10(7-9)14(17)18/h3,5-7,11-13,16H,2,4,8H2,1H3,(H,17,18)(H,19,20)/t11-,12+,13+/m1/s1. The Bertz CT molecular complexity index is 514. The van der Waals surface area contributed by atoms with Gasteiger partial charge in [-0.25, -0.2) is 4.79 Å². The minimum atomic E-state index is -0.989. The fourth-order valence-electron chi connectivity index (χ4n) is 3.04. The van der Waals surface area contributed by atoms with E-state index in [2.05, 4.69) is 12.2 Å². The lowest BCUT2D eigenvalue weighted by Crippen LogP contribution is -2.34. The third-order valence-corrected chi connectivity index (χ3v) is 3.91. The molecule has 1 aliphatic heterocycles. The number of carbonyl (C=O) groups is 2. The smallest absolute Gasteiger partial charge is 0.335 e. The first-order valence-electron chi connectivity index (χ1n) is 6.84. The van der Waals surface area contributed by atoms with Crippen LogP contribution in [0.4, 0.5) is 0 Å². The fourth-order valence-corrected chi connectivity index (χ4v) is 3.04. The number of aromatic carboxylic acids is 1. The van der Waals surface area contributed by atoms with Gasteiger partial charge in [0, 0.05) is 5.92 Å². The van der Waals surface area contributed by atoms with Gasteiger partial charge in [0.1, 0.15) is 6.04 Å². The number of hydrogen-bond donors (Lipinski definition) is 3. The summed E-state index contributed by atoms with van der Waals surface area (Å²) in [5.74, 6) is -1.82. The van der Waals surface area contributed by atoms with Crippen molar-refractivity contribution in [3.63, 3.8) is 0 Å². The number of benzene rings is 1. The summed E-state index contributed by atoms with van der Waals surface area (Å²) in [6.45, 7) is 2.73. The lowest BCUT2D eigenvalue weighted by Gasteiger charge is -2.22. The number of nitrogens with one attached hydrogen (secondary N) is 1. The molecule has 0 aromatic heterocycles. The predicted molar refractivity (Wildman–Crippen MR) is 74.0 cm³/mol. The minimum absolute atomic E-state index is 0.174. The molecule has 5 nitrogen and oxygen atoms in total. The number of aliphatic carboxylic acids is 1. The first-order chi connectivity index (χ1) is 9.54. The summed E-state index contributed by atoms with van der Waals surface area (Å²) in [7, 11) is 0. The van der Waals surface area contributed by atoms with Gasteiger partial charge in [0.15, 0.2) is 0 Å². The van der Waals surface area contributed by atoms with E-state index < -0.39 is 18.0 Å². The maximum Gasteiger partial charge on any atom is 0.335 e. The SMILES string of the molecule is CCC[C@@H]1CN[C@H](C(=O)O)[C@H]1c1cccc(C(=O)O)c1. The Morgan fingerprint density at radius 2 is 2.10 bits per heavy atom. The van der Waals surface area contributed by atoms with E-state index in [4.69, 9.17) is 5.11 Å². The van der Waals surface area contributed by atoms with Crippen molar-refractivity contribution in [2.75, 3.05) is 6.54 Å². The van der Waals surface area contributed by atoms with Crippen molar-refractivity contribution in [1.82, 2.24) is 5.32 Å². The fraction of sp³-hybridized carbons (Fsp3) is 0.467. The molecule has 1 aromatic carbocycles. The number of rotatable bonds is 5. The van der Waals surface area contributed by atoms with Gasteiger partial charge < -0.3 is 15.5 Å². The Kier molecular flexibility index (Phi) is 4.39. The van der Waals surface area contributed by atoms with Crippen LogP contribution in [-0.4, -0.2) is 34.7 Å². The average molecular weight is 277 g/mol. The zero-order valence-electron chi connectivity index (χ0n) is 11.4. The molecule has 108 valence electrons. The highest BCUT2D eigenvalue weighted by molar-refractivity contribution is 5.88. The van der Waals surface area contributed by atoms with Crippen LogP contribution < -0.4 is 5.32 Å². The van der Waals surface area contributed by atoms with E-state index in [0.717, 1.165) is 18.4 Å². The summed E-state index contributed by atoms with van der Waals surface area (Å²) >= 11 is 0. The van der Waals surface area contributed by atoms with Gasteiger partial charge in [-0.1, -0.05) is 25.5 Å². The molecule has 0 bridgehead atoms. The number of carboxylic acids is 2. The van der Waals surface area contributed by atoms with Crippen molar-refractivity contribution in [3.05, 3.63) is 35.4 Å². The normalized spacial score (nSPS) is 25.6. The van der Waals surface area contributed by atoms with Crippen molar-refractivity contribution in [2.45, 2.75) is 31.7 Å². The maximum atomic E-state index is 11.4. The molecule has 2 rings (SSSR count). The topological polar surface area (TPSA) is 86.6 Å². The van der Waals surface area contributed by atoms with E-state index in [-0.39, 0.29) is 17.4 Å². The molecule has 0 aliphatic carbocycles. The molecule has 0 amide bonds. The summed E-state index contributed by atoms with van der Waals surface area (Å²) in [6.07, 6.45) is 1.91. The van der Waals surface area contributed by atoms with Gasteiger partial charge in [-0.15, -0.1) is 0 Å². The monoisotopic (exact) mass is 277 g/mol. The molecule has 0 unspecified atom stereocenters. The molecule has 1 heterocycles. The van der Waals surface area contributed by atoms with Crippen LogP contribution in [0.2, 0.25) is 0 Å². The van der Waals surface area contributed by atoms with Gasteiger partial charge in [0.2, 0.25) is 0 Å². The van der Waals surface area contributed by atoms with E-state index in [9.17, 15) is 14.7 Å². The summed E-state index contributed by atoms with van der Waals surface area (Å²) in [6, 6.07) is 5.98. The van der Waals surface area contributed by atoms with Crippen LogP contribution in [-0.2, 0) is 4.79 Å². The molecular weight excluding hydrogens is 258 g/mol. The van der Waals surface area contributed by atoms with Crippen LogP contribution in [0.5, 0.6) is 0 Å². The van der Waals surface area contributed by atoms with Gasteiger partial charge in [-0.2, -0.15) is 0 Å². The van der Waals surface area contributed by atoms with Crippen molar-refractivity contribution in [1.29, 1.82) is 0 Å². The first kappa shape index (κ1) is 14.5. The summed E-state index contributed by atoms with van der Waals surface area (Å²) < 4.78 is 0. The Morgan fingerprint density at radius 3 is 2.70 bits per heavy atom. The van der Waals surface area contributed by atoms with E-state index >= 15 is 0 Å². The Morgan fingerprint density at radius 1 is 1.35 bits per heavy atom. The molecule has 3 atom stereocenters. The highest BCUT2D eigenvalue weighted by atomic mass is 16.4. The lowest BCUT2D eigenvalue weighted by atomic mass is 9.81. The quantitative estimate of drug-likeness (QED) is 0.765. The largest absolute Gasteiger partial charge is 0.480 e. The van der Waals surface area contributed by atoms with Crippen molar-refractivity contribution >= 4 is 11.9 Å². The molecule has 0 saturated carbocycles. The third kappa shape index (κ3) is 2.82. The van der Waals surface area contributed by atoms with Crippen molar-refractivity contribution in [3.8, 4) is 0 Å². The highest BCUT2D eigenvalue weighted by Gasteiger charge is 2.40. The second kappa shape index (κ2) is 6.05. The van der Waals surface area contributed by atoms with E-state index in [1.165, 1.54) is 6.07 Å². The lowest BCUT2D eigenvalue weighted by molar-refractivity contribution is -0.139. The number of hydrogen-bond acceptors (Lipinski definition) is 3. The van der Waals surface area contributed by atoms with Crippen LogP contribution >= 0.6 is 0 Å². The van der Waals surface area contributed by atoms with Gasteiger partial charge in [-0.3, -0.25) is 4.79 Å². The molecular formula is C15H19NO4. The number of carboxylic acid groups (broad SMARTS) is 2. The molecule has 20 heavy (non-hydrogen) atoms. The zero-order chi connectivity index (χ0) is 14.7. The molecule has 1 aliphatic rings. The first-order valence-corrected chi connectivity index (χ1v) is 6.84. The summed E-state index contributed by atoms with van der Waals surface area (Å²) in [5.41, 5.74) is 0.995. The Hall–Kier alpha value is -1.88. The average Bonchev–Trinajstić information content (AvgIpc) is 2.83. The van der Waals surface area contributed by atoms with Gasteiger partial charge in [-0.05, 0) is 36.6 Å². The van der Waals surface area contributed by atoms with Gasteiger partial charge in [0.25, 0.3) is 0 Å². The molecule has 1 saturated heterocycles. The minimum Gasteiger partial charge on any atom is -0.480 e. The van der Waals surface area contributed by atoms with Crippen LogP contribution in [0, 0.1) is 5.92 Å². The molecule has 1 aromatic rings. The maximum absolute atomic E-state index is 11.4. The second-order valence-electron chi connectivity index (χ2n) is 5.23. The molecule has 0 radical (unpaired) electrons. The van der Waals surface area contributed by atoms with Crippen LogP contribution in [0.15, 0.2) is 24.3 Å². The molecule has 1 fully saturated rings. The predicted octanol–water partition coefficient (Wildman–Crippen LogP) is 1.94.